The molecule has 28 heavy (non-hydrogen) atoms. The maximum atomic E-state index is 12.8. The molecular formula is C24H35N3O. The molecule has 4 nitrogen and oxygen atoms in total. The quantitative estimate of drug-likeness (QED) is 0.838. The summed E-state index contributed by atoms with van der Waals surface area (Å²) in [6, 6.07) is 8.53. The van der Waals surface area contributed by atoms with E-state index in [4.69, 9.17) is 0 Å². The molecule has 152 valence electrons. The van der Waals surface area contributed by atoms with Crippen molar-refractivity contribution in [3.63, 3.8) is 0 Å². The summed E-state index contributed by atoms with van der Waals surface area (Å²) in [6.45, 7) is 5.59. The van der Waals surface area contributed by atoms with E-state index in [1.54, 1.807) is 0 Å². The number of likely N-dealkylation sites (N-methyl/N-ethyl adjacent to an activating group) is 1. The lowest BCUT2D eigenvalue weighted by molar-refractivity contribution is -0.124. The second kappa shape index (κ2) is 7.46. The van der Waals surface area contributed by atoms with E-state index in [0.29, 0.717) is 5.41 Å². The number of piperazine rings is 1. The Morgan fingerprint density at radius 1 is 0.964 bits per heavy atom. The predicted octanol–water partition coefficient (Wildman–Crippen LogP) is 3.98. The van der Waals surface area contributed by atoms with Gasteiger partial charge in [-0.15, -0.1) is 0 Å². The minimum atomic E-state index is 0.230. The molecule has 0 spiro atoms. The first-order valence-corrected chi connectivity index (χ1v) is 11.3. The standard InChI is InChI=1S/C24H35N3O/c1-26-6-8-27(9-7-26)17-18-2-4-22(5-3-18)25-23(28)16-24-13-19-10-20(14-24)12-21(11-19)15-24/h2-5,19-21H,6-17H2,1H3,(H,25,28). The molecule has 1 saturated heterocycles. The molecule has 4 bridgehead atoms. The van der Waals surface area contributed by atoms with Crippen molar-refractivity contribution in [1.29, 1.82) is 0 Å². The Hall–Kier alpha value is -1.39. The van der Waals surface area contributed by atoms with Crippen molar-refractivity contribution < 1.29 is 4.79 Å². The van der Waals surface area contributed by atoms with Gasteiger partial charge in [0.1, 0.15) is 0 Å². The number of hydrogen-bond acceptors (Lipinski definition) is 3. The molecule has 1 N–H and O–H groups in total. The zero-order valence-electron chi connectivity index (χ0n) is 17.3. The summed E-state index contributed by atoms with van der Waals surface area (Å²) >= 11 is 0. The number of anilines is 1. The van der Waals surface area contributed by atoms with Crippen LogP contribution in [0, 0.1) is 23.2 Å². The molecule has 0 aromatic heterocycles. The lowest BCUT2D eigenvalue weighted by Gasteiger charge is -2.56. The third-order valence-electron chi connectivity index (χ3n) is 7.94. The van der Waals surface area contributed by atoms with Crippen LogP contribution >= 0.6 is 0 Å². The van der Waals surface area contributed by atoms with E-state index in [-0.39, 0.29) is 5.91 Å². The van der Waals surface area contributed by atoms with Gasteiger partial charge in [-0.25, -0.2) is 0 Å². The van der Waals surface area contributed by atoms with Crippen LogP contribution in [-0.2, 0) is 11.3 Å². The van der Waals surface area contributed by atoms with Gasteiger partial charge in [-0.1, -0.05) is 12.1 Å². The van der Waals surface area contributed by atoms with Gasteiger partial charge in [-0.05, 0) is 86.4 Å². The van der Waals surface area contributed by atoms with Gasteiger partial charge in [0.15, 0.2) is 0 Å². The van der Waals surface area contributed by atoms with Crippen molar-refractivity contribution in [3.8, 4) is 0 Å². The third kappa shape index (κ3) is 3.99. The van der Waals surface area contributed by atoms with E-state index in [0.717, 1.165) is 62.6 Å². The topological polar surface area (TPSA) is 35.6 Å². The Morgan fingerprint density at radius 2 is 1.54 bits per heavy atom. The Bertz CT molecular complexity index is 670. The molecule has 1 aromatic rings. The van der Waals surface area contributed by atoms with Gasteiger partial charge in [0, 0.05) is 44.8 Å². The van der Waals surface area contributed by atoms with Crippen molar-refractivity contribution in [1.82, 2.24) is 9.80 Å². The first kappa shape index (κ1) is 18.6. The van der Waals surface area contributed by atoms with Crippen molar-refractivity contribution in [3.05, 3.63) is 29.8 Å². The summed E-state index contributed by atoms with van der Waals surface area (Å²) in [7, 11) is 2.19. The number of carbonyl (C=O) groups is 1. The van der Waals surface area contributed by atoms with E-state index in [1.165, 1.54) is 44.1 Å². The summed E-state index contributed by atoms with van der Waals surface area (Å²) in [5.74, 6) is 2.96. The molecule has 6 rings (SSSR count). The van der Waals surface area contributed by atoms with Gasteiger partial charge in [0.05, 0.1) is 0 Å². The fraction of sp³-hybridized carbons (Fsp3) is 0.708. The zero-order valence-corrected chi connectivity index (χ0v) is 17.3. The molecule has 5 fully saturated rings. The average molecular weight is 382 g/mol. The predicted molar refractivity (Wildman–Crippen MR) is 113 cm³/mol. The third-order valence-corrected chi connectivity index (χ3v) is 7.94. The Morgan fingerprint density at radius 3 is 2.11 bits per heavy atom. The molecule has 4 saturated carbocycles. The maximum absolute atomic E-state index is 12.8. The molecule has 1 aliphatic heterocycles. The molecule has 0 radical (unpaired) electrons. The Kier molecular flexibility index (Phi) is 4.96. The zero-order chi connectivity index (χ0) is 19.1. The summed E-state index contributed by atoms with van der Waals surface area (Å²) in [4.78, 5) is 17.7. The van der Waals surface area contributed by atoms with Crippen molar-refractivity contribution in [2.24, 2.45) is 23.2 Å². The molecule has 4 aliphatic carbocycles. The van der Waals surface area contributed by atoms with Crippen LogP contribution in [0.2, 0.25) is 0 Å². The Balaban J connectivity index is 1.15. The van der Waals surface area contributed by atoms with Gasteiger partial charge < -0.3 is 10.2 Å². The fourth-order valence-corrected chi connectivity index (χ4v) is 7.01. The Labute approximate surface area is 169 Å². The minimum absolute atomic E-state index is 0.230. The smallest absolute Gasteiger partial charge is 0.224 e. The lowest BCUT2D eigenvalue weighted by Crippen LogP contribution is -2.47. The number of amides is 1. The van der Waals surface area contributed by atoms with E-state index >= 15 is 0 Å². The maximum Gasteiger partial charge on any atom is 0.224 e. The number of carbonyl (C=O) groups excluding carboxylic acids is 1. The van der Waals surface area contributed by atoms with E-state index in [2.05, 4.69) is 46.4 Å². The second-order valence-electron chi connectivity index (χ2n) is 10.4. The number of benzene rings is 1. The summed E-state index contributed by atoms with van der Waals surface area (Å²) < 4.78 is 0. The van der Waals surface area contributed by atoms with Gasteiger partial charge in [0.2, 0.25) is 5.91 Å². The monoisotopic (exact) mass is 381 g/mol. The highest BCUT2D eigenvalue weighted by Crippen LogP contribution is 2.61. The van der Waals surface area contributed by atoms with Crippen LogP contribution < -0.4 is 5.32 Å². The van der Waals surface area contributed by atoms with Gasteiger partial charge in [-0.3, -0.25) is 9.69 Å². The molecule has 1 heterocycles. The van der Waals surface area contributed by atoms with Crippen LogP contribution in [0.1, 0.15) is 50.5 Å². The van der Waals surface area contributed by atoms with Gasteiger partial charge in [-0.2, -0.15) is 0 Å². The molecule has 0 atom stereocenters. The average Bonchev–Trinajstić information content (AvgIpc) is 2.63. The highest BCUT2D eigenvalue weighted by atomic mass is 16.1. The number of nitrogens with one attached hydrogen (secondary N) is 1. The van der Waals surface area contributed by atoms with E-state index < -0.39 is 0 Å². The summed E-state index contributed by atoms with van der Waals surface area (Å²) in [6.07, 6.45) is 8.96. The SMILES string of the molecule is CN1CCN(Cc2ccc(NC(=O)CC34CC5CC(CC(C5)C3)C4)cc2)CC1. The number of hydrogen-bond donors (Lipinski definition) is 1. The largest absolute Gasteiger partial charge is 0.326 e. The van der Waals surface area contributed by atoms with Crippen LogP contribution in [-0.4, -0.2) is 48.9 Å². The van der Waals surface area contributed by atoms with Crippen LogP contribution in [0.5, 0.6) is 0 Å². The van der Waals surface area contributed by atoms with Crippen LogP contribution in [0.4, 0.5) is 5.69 Å². The normalized spacial score (nSPS) is 35.2. The number of rotatable bonds is 5. The highest BCUT2D eigenvalue weighted by Gasteiger charge is 2.51. The van der Waals surface area contributed by atoms with Crippen LogP contribution in [0.15, 0.2) is 24.3 Å². The highest BCUT2D eigenvalue weighted by molar-refractivity contribution is 5.91. The molecule has 1 amide bonds. The van der Waals surface area contributed by atoms with E-state index in [1.807, 2.05) is 0 Å². The molecule has 0 unspecified atom stereocenters. The molecule has 5 aliphatic rings. The molecule has 4 heteroatoms. The van der Waals surface area contributed by atoms with Gasteiger partial charge in [0.25, 0.3) is 0 Å². The fourth-order valence-electron chi connectivity index (χ4n) is 7.01. The van der Waals surface area contributed by atoms with Gasteiger partial charge >= 0.3 is 0 Å². The van der Waals surface area contributed by atoms with Crippen molar-refractivity contribution in [2.75, 3.05) is 38.5 Å². The molecular weight excluding hydrogens is 346 g/mol. The minimum Gasteiger partial charge on any atom is -0.326 e. The first-order chi connectivity index (χ1) is 13.6. The number of nitrogens with zero attached hydrogens (tertiary/aromatic N) is 2. The van der Waals surface area contributed by atoms with Crippen molar-refractivity contribution in [2.45, 2.75) is 51.5 Å². The first-order valence-electron chi connectivity index (χ1n) is 11.3. The summed E-state index contributed by atoms with van der Waals surface area (Å²) in [5, 5.41) is 3.19. The second-order valence-corrected chi connectivity index (χ2v) is 10.4. The summed E-state index contributed by atoms with van der Waals surface area (Å²) in [5.41, 5.74) is 2.61. The van der Waals surface area contributed by atoms with E-state index in [9.17, 15) is 4.79 Å². The van der Waals surface area contributed by atoms with Crippen molar-refractivity contribution >= 4 is 11.6 Å². The van der Waals surface area contributed by atoms with Crippen LogP contribution in [0.3, 0.4) is 0 Å². The molecule has 1 aromatic carbocycles. The lowest BCUT2D eigenvalue weighted by atomic mass is 9.49. The van der Waals surface area contributed by atoms with Crippen LogP contribution in [0.25, 0.3) is 0 Å².